The van der Waals surface area contributed by atoms with Crippen LogP contribution >= 0.6 is 0 Å². The van der Waals surface area contributed by atoms with E-state index in [1.165, 1.54) is 12.1 Å². The van der Waals surface area contributed by atoms with Gasteiger partial charge in [0.1, 0.15) is 23.2 Å². The van der Waals surface area contributed by atoms with E-state index in [0.717, 1.165) is 49.8 Å². The second-order valence-electron chi connectivity index (χ2n) is 9.74. The van der Waals surface area contributed by atoms with E-state index in [4.69, 9.17) is 4.74 Å². The summed E-state index contributed by atoms with van der Waals surface area (Å²) < 4.78 is 115. The van der Waals surface area contributed by atoms with E-state index in [1.807, 2.05) is 0 Å². The van der Waals surface area contributed by atoms with Crippen LogP contribution in [0.5, 0.6) is 5.75 Å². The van der Waals surface area contributed by atoms with Gasteiger partial charge in [-0.05, 0) is 91.1 Å². The minimum absolute atomic E-state index is 0.229. The number of rotatable bonds is 7. The Balaban J connectivity index is 1.48. The van der Waals surface area contributed by atoms with Crippen LogP contribution in [0.2, 0.25) is 0 Å². The first kappa shape index (κ1) is 28.6. The zero-order valence-electron chi connectivity index (χ0n) is 21.0. The zero-order valence-corrected chi connectivity index (χ0v) is 21.0. The number of benzene rings is 3. The summed E-state index contributed by atoms with van der Waals surface area (Å²) in [6.45, 7) is 2.17. The maximum Gasteiger partial charge on any atom is 0.426 e. The summed E-state index contributed by atoms with van der Waals surface area (Å²) in [5.74, 6) is -3.30. The molecule has 1 aliphatic rings. The Kier molecular flexibility index (Phi) is 8.37. The molecule has 0 aromatic heterocycles. The van der Waals surface area contributed by atoms with Crippen molar-refractivity contribution in [3.63, 3.8) is 0 Å². The Labute approximate surface area is 221 Å². The van der Waals surface area contributed by atoms with Gasteiger partial charge in [0.05, 0.1) is 5.56 Å². The molecule has 39 heavy (non-hydrogen) atoms. The SMILES string of the molecule is CCC1CCC(c2ccc(C(F)(F)Oc3ccc(-c4cc(F)c(/C=C/C(F)(F)F)c(F)c4)c(F)c3)cc2)CC1. The molecule has 0 heterocycles. The summed E-state index contributed by atoms with van der Waals surface area (Å²) in [7, 11) is 0. The largest absolute Gasteiger partial charge is 0.429 e. The van der Waals surface area contributed by atoms with Crippen LogP contribution in [0.15, 0.2) is 60.7 Å². The molecular formula is C30H26F8O. The normalized spacial score (nSPS) is 18.5. The molecule has 9 heteroatoms. The van der Waals surface area contributed by atoms with Crippen molar-refractivity contribution in [1.82, 2.24) is 0 Å². The number of ether oxygens (including phenoxy) is 1. The molecule has 0 unspecified atom stereocenters. The van der Waals surface area contributed by atoms with E-state index in [1.54, 1.807) is 12.1 Å². The van der Waals surface area contributed by atoms with Gasteiger partial charge in [-0.15, -0.1) is 0 Å². The van der Waals surface area contributed by atoms with E-state index < -0.39 is 46.6 Å². The first-order valence-electron chi connectivity index (χ1n) is 12.6. The van der Waals surface area contributed by atoms with Crippen molar-refractivity contribution in [3.05, 3.63) is 94.8 Å². The maximum absolute atomic E-state index is 14.8. The van der Waals surface area contributed by atoms with E-state index in [0.29, 0.717) is 30.0 Å². The van der Waals surface area contributed by atoms with Gasteiger partial charge in [-0.25, -0.2) is 13.2 Å². The van der Waals surface area contributed by atoms with E-state index >= 15 is 0 Å². The molecule has 0 saturated heterocycles. The summed E-state index contributed by atoms with van der Waals surface area (Å²) in [5, 5.41) is 0. The average Bonchev–Trinajstić information content (AvgIpc) is 2.87. The van der Waals surface area contributed by atoms with Crippen LogP contribution in [0, 0.1) is 23.4 Å². The van der Waals surface area contributed by atoms with E-state index in [-0.39, 0.29) is 23.3 Å². The molecular weight excluding hydrogens is 528 g/mol. The van der Waals surface area contributed by atoms with Crippen LogP contribution in [0.4, 0.5) is 35.1 Å². The Morgan fingerprint density at radius 3 is 1.95 bits per heavy atom. The number of halogens is 8. The van der Waals surface area contributed by atoms with Gasteiger partial charge in [0.25, 0.3) is 0 Å². The van der Waals surface area contributed by atoms with Crippen molar-refractivity contribution in [1.29, 1.82) is 0 Å². The predicted octanol–water partition coefficient (Wildman–Crippen LogP) is 10.2. The lowest BCUT2D eigenvalue weighted by Gasteiger charge is -2.28. The Morgan fingerprint density at radius 1 is 0.795 bits per heavy atom. The lowest BCUT2D eigenvalue weighted by atomic mass is 9.78. The monoisotopic (exact) mass is 554 g/mol. The number of hydrogen-bond donors (Lipinski definition) is 0. The van der Waals surface area contributed by atoms with Gasteiger partial charge in [-0.2, -0.15) is 22.0 Å². The van der Waals surface area contributed by atoms with Crippen molar-refractivity contribution in [3.8, 4) is 16.9 Å². The van der Waals surface area contributed by atoms with E-state index in [2.05, 4.69) is 6.92 Å². The van der Waals surface area contributed by atoms with Crippen LogP contribution in [-0.2, 0) is 6.11 Å². The second-order valence-corrected chi connectivity index (χ2v) is 9.74. The first-order valence-corrected chi connectivity index (χ1v) is 12.6. The Bertz CT molecular complexity index is 1300. The Morgan fingerprint density at radius 2 is 1.41 bits per heavy atom. The van der Waals surface area contributed by atoms with Crippen molar-refractivity contribution in [2.24, 2.45) is 5.92 Å². The minimum Gasteiger partial charge on any atom is -0.429 e. The standard InChI is InChI=1S/C30H26F8O/c1-2-18-3-5-19(6-4-18)20-7-9-22(10-8-20)30(37,38)39-23-11-12-24(28(33)17-23)21-15-26(31)25(27(32)16-21)13-14-29(34,35)36/h7-19H,2-6H2,1H3/b14-13+. The topological polar surface area (TPSA) is 9.23 Å². The lowest BCUT2D eigenvalue weighted by Crippen LogP contribution is -2.22. The maximum atomic E-state index is 14.8. The number of allylic oxidation sites excluding steroid dienone is 1. The summed E-state index contributed by atoms with van der Waals surface area (Å²) >= 11 is 0. The molecule has 3 aromatic carbocycles. The lowest BCUT2D eigenvalue weighted by molar-refractivity contribution is -0.185. The number of hydrogen-bond acceptors (Lipinski definition) is 1. The summed E-state index contributed by atoms with van der Waals surface area (Å²) in [4.78, 5) is 0. The van der Waals surface area contributed by atoms with Crippen molar-refractivity contribution in [2.75, 3.05) is 0 Å². The number of alkyl halides is 5. The van der Waals surface area contributed by atoms with Crippen LogP contribution in [0.1, 0.15) is 61.6 Å². The summed E-state index contributed by atoms with van der Waals surface area (Å²) in [6.07, 6.45) is -3.27. The fraction of sp³-hybridized carbons (Fsp3) is 0.333. The van der Waals surface area contributed by atoms with Gasteiger partial charge in [0, 0.05) is 23.3 Å². The van der Waals surface area contributed by atoms with Crippen molar-refractivity contribution < 1.29 is 39.9 Å². The smallest absolute Gasteiger partial charge is 0.426 e. The molecule has 0 bridgehead atoms. The van der Waals surface area contributed by atoms with Crippen LogP contribution < -0.4 is 4.74 Å². The average molecular weight is 555 g/mol. The molecule has 1 nitrogen and oxygen atoms in total. The first-order chi connectivity index (χ1) is 18.4. The highest BCUT2D eigenvalue weighted by Gasteiger charge is 2.35. The molecule has 0 aliphatic heterocycles. The zero-order chi connectivity index (χ0) is 28.4. The Hall–Kier alpha value is -3.36. The molecule has 3 aromatic rings. The second kappa shape index (κ2) is 11.4. The minimum atomic E-state index is -4.78. The molecule has 1 aliphatic carbocycles. The molecule has 208 valence electrons. The van der Waals surface area contributed by atoms with E-state index in [9.17, 15) is 35.1 Å². The molecule has 4 rings (SSSR count). The third kappa shape index (κ3) is 6.99. The van der Waals surface area contributed by atoms with Gasteiger partial charge >= 0.3 is 12.3 Å². The molecule has 0 N–H and O–H groups in total. The highest BCUT2D eigenvalue weighted by molar-refractivity contribution is 5.68. The molecule has 0 radical (unpaired) electrons. The van der Waals surface area contributed by atoms with Gasteiger partial charge in [0.2, 0.25) is 0 Å². The third-order valence-corrected chi connectivity index (χ3v) is 7.16. The fourth-order valence-electron chi connectivity index (χ4n) is 4.93. The highest BCUT2D eigenvalue weighted by Crippen LogP contribution is 2.39. The molecule has 1 fully saturated rings. The van der Waals surface area contributed by atoms with Gasteiger partial charge in [-0.1, -0.05) is 25.5 Å². The fourth-order valence-corrected chi connectivity index (χ4v) is 4.93. The molecule has 0 amide bonds. The van der Waals surface area contributed by atoms with Crippen LogP contribution in [-0.4, -0.2) is 6.18 Å². The molecule has 0 atom stereocenters. The van der Waals surface area contributed by atoms with Crippen molar-refractivity contribution >= 4 is 6.08 Å². The van der Waals surface area contributed by atoms with Crippen LogP contribution in [0.3, 0.4) is 0 Å². The summed E-state index contributed by atoms with van der Waals surface area (Å²) in [6, 6.07) is 9.85. The van der Waals surface area contributed by atoms with Crippen LogP contribution in [0.25, 0.3) is 17.2 Å². The van der Waals surface area contributed by atoms with Gasteiger partial charge < -0.3 is 4.74 Å². The third-order valence-electron chi connectivity index (χ3n) is 7.16. The van der Waals surface area contributed by atoms with Gasteiger partial charge in [0.15, 0.2) is 0 Å². The van der Waals surface area contributed by atoms with Gasteiger partial charge in [-0.3, -0.25) is 0 Å². The van der Waals surface area contributed by atoms with Crippen molar-refractivity contribution in [2.45, 2.75) is 57.2 Å². The summed E-state index contributed by atoms with van der Waals surface area (Å²) in [5.41, 5.74) is -1.05. The molecule has 1 saturated carbocycles. The predicted molar refractivity (Wildman–Crippen MR) is 133 cm³/mol. The highest BCUT2D eigenvalue weighted by atomic mass is 19.4. The molecule has 0 spiro atoms. The quantitative estimate of drug-likeness (QED) is 0.264.